The van der Waals surface area contributed by atoms with E-state index in [-0.39, 0.29) is 12.1 Å². The number of carbonyl (C=O) groups excluding carboxylic acids is 1. The van der Waals surface area contributed by atoms with Crippen LogP contribution < -0.4 is 0 Å². The Morgan fingerprint density at radius 2 is 1.83 bits per heavy atom. The molecule has 1 fully saturated rings. The largest absolute Gasteiger partial charge is 0.313 e. The van der Waals surface area contributed by atoms with Crippen LogP contribution in [0.3, 0.4) is 0 Å². The number of hydrogen-bond donors (Lipinski definition) is 0. The van der Waals surface area contributed by atoms with Crippen LogP contribution in [0.1, 0.15) is 44.6 Å². The van der Waals surface area contributed by atoms with E-state index in [1.54, 1.807) is 11.3 Å². The maximum atomic E-state index is 13.8. The standard InChI is InChI=1S/C23H27N2O3PS/c1-2-28-29(27,25-16-8-4-3-5-11-22(25)26)17-18-12-14-19(15-13-18)23-24-20-9-6-7-10-21(20)30-23/h6-7,9-10,12-15H,2-5,8,11,16-17H2,1H3. The summed E-state index contributed by atoms with van der Waals surface area (Å²) in [5, 5.41) is 0.967. The molecule has 7 heteroatoms. The summed E-state index contributed by atoms with van der Waals surface area (Å²) >= 11 is 1.66. The number of nitrogens with zero attached hydrogens (tertiary/aromatic N) is 2. The maximum absolute atomic E-state index is 13.8. The van der Waals surface area contributed by atoms with Gasteiger partial charge in [-0.2, -0.15) is 0 Å². The van der Waals surface area contributed by atoms with Gasteiger partial charge in [-0.25, -0.2) is 4.98 Å². The molecule has 1 saturated heterocycles. The van der Waals surface area contributed by atoms with Gasteiger partial charge >= 0.3 is 7.52 Å². The van der Waals surface area contributed by atoms with E-state index in [0.717, 1.165) is 52.0 Å². The first-order valence-electron chi connectivity index (χ1n) is 10.6. The van der Waals surface area contributed by atoms with Gasteiger partial charge in [0.1, 0.15) is 5.01 Å². The van der Waals surface area contributed by atoms with E-state index in [0.29, 0.717) is 19.6 Å². The van der Waals surface area contributed by atoms with Crippen LogP contribution >= 0.6 is 18.9 Å². The van der Waals surface area contributed by atoms with Gasteiger partial charge < -0.3 is 4.52 Å². The minimum atomic E-state index is -3.26. The highest BCUT2D eigenvalue weighted by Gasteiger charge is 2.35. The monoisotopic (exact) mass is 442 g/mol. The molecule has 158 valence electrons. The fourth-order valence-electron chi connectivity index (χ4n) is 3.85. The van der Waals surface area contributed by atoms with Crippen LogP contribution in [0.15, 0.2) is 48.5 Å². The molecule has 1 aliphatic heterocycles. The molecule has 30 heavy (non-hydrogen) atoms. The number of benzene rings is 2. The second kappa shape index (κ2) is 9.42. The van der Waals surface area contributed by atoms with Crippen LogP contribution in [0.5, 0.6) is 0 Å². The van der Waals surface area contributed by atoms with E-state index in [4.69, 9.17) is 9.51 Å². The van der Waals surface area contributed by atoms with Crippen LogP contribution in [0.4, 0.5) is 0 Å². The summed E-state index contributed by atoms with van der Waals surface area (Å²) < 4.78 is 22.2. The molecule has 2 aromatic carbocycles. The fraction of sp³-hybridized carbons (Fsp3) is 0.391. The molecule has 1 aliphatic rings. The van der Waals surface area contributed by atoms with Crippen LogP contribution in [0.2, 0.25) is 0 Å². The zero-order valence-corrected chi connectivity index (χ0v) is 19.0. The van der Waals surface area contributed by atoms with E-state index < -0.39 is 7.52 Å². The third-order valence-electron chi connectivity index (χ3n) is 5.37. The third kappa shape index (κ3) is 4.66. The molecule has 0 radical (unpaired) electrons. The molecule has 1 unspecified atom stereocenters. The molecule has 0 N–H and O–H groups in total. The SMILES string of the molecule is CCOP(=O)(Cc1ccc(-c2nc3ccccc3s2)cc1)N1CCCCCCC1=O. The van der Waals surface area contributed by atoms with E-state index in [1.165, 1.54) is 4.67 Å². The van der Waals surface area contributed by atoms with Crippen molar-refractivity contribution in [1.82, 2.24) is 9.65 Å². The molecule has 1 atom stereocenters. The highest BCUT2D eigenvalue weighted by molar-refractivity contribution is 7.56. The second-order valence-electron chi connectivity index (χ2n) is 7.58. The summed E-state index contributed by atoms with van der Waals surface area (Å²) in [6.45, 7) is 2.67. The lowest BCUT2D eigenvalue weighted by Crippen LogP contribution is -2.31. The minimum absolute atomic E-state index is 0.0439. The van der Waals surface area contributed by atoms with Gasteiger partial charge in [-0.05, 0) is 37.5 Å². The molecule has 0 aliphatic carbocycles. The van der Waals surface area contributed by atoms with Gasteiger partial charge in [-0.15, -0.1) is 11.3 Å². The number of fused-ring (bicyclic) bond motifs is 1. The molecule has 2 heterocycles. The second-order valence-corrected chi connectivity index (χ2v) is 10.9. The number of hydrogen-bond acceptors (Lipinski definition) is 5. The lowest BCUT2D eigenvalue weighted by atomic mass is 10.1. The van der Waals surface area contributed by atoms with E-state index in [2.05, 4.69) is 6.07 Å². The topological polar surface area (TPSA) is 59.5 Å². The smallest absolute Gasteiger partial charge is 0.302 e. The summed E-state index contributed by atoms with van der Waals surface area (Å²) in [6.07, 6.45) is 4.55. The van der Waals surface area contributed by atoms with Gasteiger partial charge in [-0.1, -0.05) is 49.2 Å². The van der Waals surface area contributed by atoms with Gasteiger partial charge in [0.25, 0.3) is 0 Å². The Morgan fingerprint density at radius 1 is 1.07 bits per heavy atom. The Balaban J connectivity index is 1.56. The number of para-hydroxylation sites is 1. The predicted octanol–water partition coefficient (Wildman–Crippen LogP) is 6.49. The Hall–Kier alpha value is -2.01. The molecule has 0 saturated carbocycles. The first-order chi connectivity index (χ1) is 14.6. The number of rotatable bonds is 6. The normalized spacial score (nSPS) is 17.5. The average molecular weight is 443 g/mol. The van der Waals surface area contributed by atoms with Crippen molar-refractivity contribution in [2.45, 2.75) is 45.2 Å². The minimum Gasteiger partial charge on any atom is -0.313 e. The Morgan fingerprint density at radius 3 is 2.60 bits per heavy atom. The summed E-state index contributed by atoms with van der Waals surface area (Å²) in [5.41, 5.74) is 2.94. The van der Waals surface area contributed by atoms with Crippen molar-refractivity contribution in [3.05, 3.63) is 54.1 Å². The zero-order chi connectivity index (χ0) is 21.0. The predicted molar refractivity (Wildman–Crippen MR) is 123 cm³/mol. The summed E-state index contributed by atoms with van der Waals surface area (Å²) in [7, 11) is -3.26. The quantitative estimate of drug-likeness (QED) is 0.410. The number of thiazole rings is 1. The van der Waals surface area contributed by atoms with E-state index in [1.807, 2.05) is 49.4 Å². The van der Waals surface area contributed by atoms with Gasteiger partial charge in [0, 0.05) is 18.5 Å². The van der Waals surface area contributed by atoms with Crippen LogP contribution in [-0.4, -0.2) is 28.7 Å². The van der Waals surface area contributed by atoms with Gasteiger partial charge in [0.05, 0.1) is 23.0 Å². The van der Waals surface area contributed by atoms with Crippen molar-refractivity contribution < 1.29 is 13.9 Å². The van der Waals surface area contributed by atoms with Crippen molar-refractivity contribution >= 4 is 35.0 Å². The molecule has 0 spiro atoms. The van der Waals surface area contributed by atoms with Crippen LogP contribution in [0.25, 0.3) is 20.8 Å². The van der Waals surface area contributed by atoms with Crippen LogP contribution in [0, 0.1) is 0 Å². The molecule has 0 bridgehead atoms. The van der Waals surface area contributed by atoms with Crippen LogP contribution in [-0.2, 0) is 20.0 Å². The molecule has 3 aromatic rings. The Labute approximate surface area is 181 Å². The first-order valence-corrected chi connectivity index (χ1v) is 13.2. The zero-order valence-electron chi connectivity index (χ0n) is 17.3. The molecular weight excluding hydrogens is 415 g/mol. The van der Waals surface area contributed by atoms with E-state index >= 15 is 0 Å². The van der Waals surface area contributed by atoms with E-state index in [9.17, 15) is 9.36 Å². The number of aromatic nitrogens is 1. The first kappa shape index (κ1) is 21.2. The van der Waals surface area contributed by atoms with Gasteiger partial charge in [0.15, 0.2) is 0 Å². The fourth-order valence-corrected chi connectivity index (χ4v) is 7.18. The average Bonchev–Trinajstić information content (AvgIpc) is 3.16. The Bertz CT molecular complexity index is 1030. The van der Waals surface area contributed by atoms with Crippen molar-refractivity contribution in [2.75, 3.05) is 13.2 Å². The number of amides is 1. The summed E-state index contributed by atoms with van der Waals surface area (Å²) in [4.78, 5) is 17.4. The highest BCUT2D eigenvalue weighted by atomic mass is 32.1. The van der Waals surface area contributed by atoms with Crippen molar-refractivity contribution in [3.63, 3.8) is 0 Å². The summed E-state index contributed by atoms with van der Waals surface area (Å²) in [5.74, 6) is -0.0439. The van der Waals surface area contributed by atoms with Gasteiger partial charge in [0.2, 0.25) is 5.91 Å². The van der Waals surface area contributed by atoms with Gasteiger partial charge in [-0.3, -0.25) is 14.0 Å². The molecular formula is C23H27N2O3PS. The Kier molecular flexibility index (Phi) is 6.67. The van der Waals surface area contributed by atoms with Crippen molar-refractivity contribution in [2.24, 2.45) is 0 Å². The maximum Gasteiger partial charge on any atom is 0.302 e. The summed E-state index contributed by atoms with van der Waals surface area (Å²) in [6, 6.07) is 16.1. The molecule has 5 nitrogen and oxygen atoms in total. The van der Waals surface area contributed by atoms with Crippen molar-refractivity contribution in [3.8, 4) is 10.6 Å². The number of carbonyl (C=O) groups is 1. The third-order valence-corrected chi connectivity index (χ3v) is 9.04. The molecule has 1 amide bonds. The van der Waals surface area contributed by atoms with Crippen molar-refractivity contribution in [1.29, 1.82) is 0 Å². The molecule has 4 rings (SSSR count). The molecule has 1 aromatic heterocycles. The highest BCUT2D eigenvalue weighted by Crippen LogP contribution is 2.54. The lowest BCUT2D eigenvalue weighted by molar-refractivity contribution is -0.127. The lowest BCUT2D eigenvalue weighted by Gasteiger charge is -2.32.